The van der Waals surface area contributed by atoms with E-state index in [-0.39, 0.29) is 12.5 Å². The molecule has 112 valence electrons. The minimum Gasteiger partial charge on any atom is -0.451 e. The van der Waals surface area contributed by atoms with Crippen molar-refractivity contribution in [1.82, 2.24) is 5.32 Å². The molecule has 1 heterocycles. The number of carbonyl (C=O) groups excluding carboxylic acids is 1. The molecule has 21 heavy (non-hydrogen) atoms. The van der Waals surface area contributed by atoms with Crippen LogP contribution in [0.3, 0.4) is 0 Å². The molecule has 1 amide bonds. The number of carbonyl (C=O) groups is 1. The van der Waals surface area contributed by atoms with Gasteiger partial charge in [0.15, 0.2) is 5.76 Å². The Labute approximate surface area is 124 Å². The van der Waals surface area contributed by atoms with Gasteiger partial charge in [-0.2, -0.15) is 0 Å². The van der Waals surface area contributed by atoms with E-state index in [1.807, 2.05) is 24.3 Å². The Balaban J connectivity index is 1.63. The standard InChI is InChI=1S/C17H21NO3/c19-11-14-7-2-1-6-13(14)10-18-17(20)16-9-12-5-3-4-8-15(12)21-16/h3-5,8-9,13-14,19H,1-2,6-7,10-11H2,(H,18,20). The van der Waals surface area contributed by atoms with E-state index in [1.54, 1.807) is 6.07 Å². The van der Waals surface area contributed by atoms with Crippen molar-refractivity contribution in [3.63, 3.8) is 0 Å². The fourth-order valence-corrected chi connectivity index (χ4v) is 3.20. The molecule has 1 fully saturated rings. The first-order valence-electron chi connectivity index (χ1n) is 7.65. The fraction of sp³-hybridized carbons (Fsp3) is 0.471. The molecule has 4 nitrogen and oxygen atoms in total. The van der Waals surface area contributed by atoms with E-state index in [1.165, 1.54) is 12.8 Å². The fourth-order valence-electron chi connectivity index (χ4n) is 3.20. The van der Waals surface area contributed by atoms with E-state index in [0.717, 1.165) is 23.8 Å². The number of aliphatic hydroxyl groups is 1. The molecular formula is C17H21NO3. The summed E-state index contributed by atoms with van der Waals surface area (Å²) in [4.78, 5) is 12.2. The van der Waals surface area contributed by atoms with E-state index < -0.39 is 0 Å². The topological polar surface area (TPSA) is 62.5 Å². The predicted octanol–water partition coefficient (Wildman–Crippen LogP) is 2.96. The molecule has 4 heteroatoms. The summed E-state index contributed by atoms with van der Waals surface area (Å²) < 4.78 is 5.56. The van der Waals surface area contributed by atoms with E-state index in [4.69, 9.17) is 4.42 Å². The second kappa shape index (κ2) is 6.31. The highest BCUT2D eigenvalue weighted by molar-refractivity contribution is 5.96. The summed E-state index contributed by atoms with van der Waals surface area (Å²) >= 11 is 0. The van der Waals surface area contributed by atoms with Crippen LogP contribution >= 0.6 is 0 Å². The molecule has 0 saturated heterocycles. The number of hydrogen-bond acceptors (Lipinski definition) is 3. The number of hydrogen-bond donors (Lipinski definition) is 2. The molecule has 1 saturated carbocycles. The van der Waals surface area contributed by atoms with Crippen LogP contribution in [0, 0.1) is 11.8 Å². The van der Waals surface area contributed by atoms with Crippen LogP contribution in [-0.2, 0) is 0 Å². The maximum atomic E-state index is 12.2. The number of amides is 1. The van der Waals surface area contributed by atoms with Crippen molar-refractivity contribution >= 4 is 16.9 Å². The third-order valence-corrected chi connectivity index (χ3v) is 4.48. The lowest BCUT2D eigenvalue weighted by atomic mass is 9.79. The molecule has 1 aromatic carbocycles. The third kappa shape index (κ3) is 3.10. The lowest BCUT2D eigenvalue weighted by molar-refractivity contribution is 0.0885. The molecule has 2 N–H and O–H groups in total. The minimum atomic E-state index is -0.173. The van der Waals surface area contributed by atoms with Crippen molar-refractivity contribution < 1.29 is 14.3 Å². The van der Waals surface area contributed by atoms with Gasteiger partial charge in [0.2, 0.25) is 0 Å². The van der Waals surface area contributed by atoms with Gasteiger partial charge in [-0.25, -0.2) is 0 Å². The first-order valence-corrected chi connectivity index (χ1v) is 7.65. The van der Waals surface area contributed by atoms with Crippen LogP contribution in [0.25, 0.3) is 11.0 Å². The van der Waals surface area contributed by atoms with Gasteiger partial charge in [0.1, 0.15) is 5.58 Å². The Hall–Kier alpha value is -1.81. The zero-order chi connectivity index (χ0) is 14.7. The molecule has 0 bridgehead atoms. The summed E-state index contributed by atoms with van der Waals surface area (Å²) in [5, 5.41) is 13.3. The minimum absolute atomic E-state index is 0.173. The average Bonchev–Trinajstić information content (AvgIpc) is 2.97. The molecule has 2 atom stereocenters. The van der Waals surface area contributed by atoms with Crippen LogP contribution in [0.5, 0.6) is 0 Å². The Morgan fingerprint density at radius 3 is 2.76 bits per heavy atom. The van der Waals surface area contributed by atoms with Crippen LogP contribution in [0.2, 0.25) is 0 Å². The number of benzene rings is 1. The number of rotatable bonds is 4. The van der Waals surface area contributed by atoms with Crippen molar-refractivity contribution in [3.05, 3.63) is 36.1 Å². The van der Waals surface area contributed by atoms with Gasteiger partial charge in [-0.05, 0) is 36.8 Å². The van der Waals surface area contributed by atoms with Crippen LogP contribution in [0.4, 0.5) is 0 Å². The molecular weight excluding hydrogens is 266 g/mol. The second-order valence-electron chi connectivity index (χ2n) is 5.85. The number of para-hydroxylation sites is 1. The highest BCUT2D eigenvalue weighted by Gasteiger charge is 2.25. The Kier molecular flexibility index (Phi) is 4.25. The number of aliphatic hydroxyl groups excluding tert-OH is 1. The predicted molar refractivity (Wildman–Crippen MR) is 81.1 cm³/mol. The lowest BCUT2D eigenvalue weighted by Crippen LogP contribution is -2.35. The van der Waals surface area contributed by atoms with Crippen molar-refractivity contribution in [2.24, 2.45) is 11.8 Å². The van der Waals surface area contributed by atoms with Gasteiger partial charge in [-0.15, -0.1) is 0 Å². The van der Waals surface area contributed by atoms with Crippen molar-refractivity contribution in [2.45, 2.75) is 25.7 Å². The first-order chi connectivity index (χ1) is 10.3. The van der Waals surface area contributed by atoms with Gasteiger partial charge in [-0.3, -0.25) is 4.79 Å². The normalized spacial score (nSPS) is 22.3. The summed E-state index contributed by atoms with van der Waals surface area (Å²) in [6.45, 7) is 0.826. The Bertz CT molecular complexity index is 586. The van der Waals surface area contributed by atoms with Gasteiger partial charge in [0.25, 0.3) is 5.91 Å². The summed E-state index contributed by atoms with van der Waals surface area (Å²) in [6, 6.07) is 9.37. The highest BCUT2D eigenvalue weighted by atomic mass is 16.3. The van der Waals surface area contributed by atoms with Gasteiger partial charge >= 0.3 is 0 Å². The van der Waals surface area contributed by atoms with Crippen LogP contribution in [-0.4, -0.2) is 24.2 Å². The molecule has 1 aliphatic carbocycles. The molecule has 1 aromatic heterocycles. The van der Waals surface area contributed by atoms with E-state index in [2.05, 4.69) is 5.32 Å². The van der Waals surface area contributed by atoms with E-state index >= 15 is 0 Å². The van der Waals surface area contributed by atoms with Crippen LogP contribution in [0.1, 0.15) is 36.2 Å². The molecule has 0 spiro atoms. The zero-order valence-corrected chi connectivity index (χ0v) is 12.0. The number of furan rings is 1. The summed E-state index contributed by atoms with van der Waals surface area (Å²) in [7, 11) is 0. The average molecular weight is 287 g/mol. The summed E-state index contributed by atoms with van der Waals surface area (Å²) in [5.41, 5.74) is 0.730. The molecule has 0 aliphatic heterocycles. The van der Waals surface area contributed by atoms with Gasteiger partial charge in [-0.1, -0.05) is 31.0 Å². The van der Waals surface area contributed by atoms with E-state index in [0.29, 0.717) is 24.1 Å². The Morgan fingerprint density at radius 1 is 1.24 bits per heavy atom. The smallest absolute Gasteiger partial charge is 0.287 e. The summed E-state index contributed by atoms with van der Waals surface area (Å²) in [5.74, 6) is 0.868. The Morgan fingerprint density at radius 2 is 2.00 bits per heavy atom. The van der Waals surface area contributed by atoms with Crippen LogP contribution < -0.4 is 5.32 Å². The van der Waals surface area contributed by atoms with Gasteiger partial charge < -0.3 is 14.8 Å². The molecule has 3 rings (SSSR count). The first kappa shape index (κ1) is 14.1. The largest absolute Gasteiger partial charge is 0.451 e. The van der Waals surface area contributed by atoms with Gasteiger partial charge in [0, 0.05) is 18.5 Å². The van der Waals surface area contributed by atoms with Gasteiger partial charge in [0.05, 0.1) is 0 Å². The number of fused-ring (bicyclic) bond motifs is 1. The second-order valence-corrected chi connectivity index (χ2v) is 5.85. The molecule has 0 radical (unpaired) electrons. The molecule has 2 aromatic rings. The quantitative estimate of drug-likeness (QED) is 0.908. The lowest BCUT2D eigenvalue weighted by Gasteiger charge is -2.30. The molecule has 2 unspecified atom stereocenters. The molecule has 1 aliphatic rings. The van der Waals surface area contributed by atoms with Crippen LogP contribution in [0.15, 0.2) is 34.7 Å². The SMILES string of the molecule is O=C(NCC1CCCCC1CO)c1cc2ccccc2o1. The monoisotopic (exact) mass is 287 g/mol. The maximum absolute atomic E-state index is 12.2. The van der Waals surface area contributed by atoms with E-state index in [9.17, 15) is 9.90 Å². The third-order valence-electron chi connectivity index (χ3n) is 4.48. The zero-order valence-electron chi connectivity index (χ0n) is 12.0. The summed E-state index contributed by atoms with van der Waals surface area (Å²) in [6.07, 6.45) is 4.49. The maximum Gasteiger partial charge on any atom is 0.287 e. The highest BCUT2D eigenvalue weighted by Crippen LogP contribution is 2.29. The number of nitrogens with one attached hydrogen (secondary N) is 1. The van der Waals surface area contributed by atoms with Crippen molar-refractivity contribution in [2.75, 3.05) is 13.2 Å². The van der Waals surface area contributed by atoms with Crippen molar-refractivity contribution in [1.29, 1.82) is 0 Å². The van der Waals surface area contributed by atoms with Crippen molar-refractivity contribution in [3.8, 4) is 0 Å².